The number of fused-ring (bicyclic) bond motifs is 1. The highest BCUT2D eigenvalue weighted by Gasteiger charge is 2.41. The van der Waals surface area contributed by atoms with Gasteiger partial charge in [0.25, 0.3) is 0 Å². The molecule has 1 atom stereocenters. The number of benzene rings is 2. The van der Waals surface area contributed by atoms with Crippen LogP contribution in [0.3, 0.4) is 0 Å². The molecule has 0 bridgehead atoms. The zero-order chi connectivity index (χ0) is 19.9. The van der Waals surface area contributed by atoms with Crippen LogP contribution in [0.5, 0.6) is 0 Å². The zero-order valence-electron chi connectivity index (χ0n) is 17.2. The van der Waals surface area contributed by atoms with E-state index in [0.29, 0.717) is 0 Å². The number of nitrogens with one attached hydrogen (secondary N) is 1. The predicted octanol–water partition coefficient (Wildman–Crippen LogP) is 5.19. The summed E-state index contributed by atoms with van der Waals surface area (Å²) in [6, 6.07) is 15.1. The average molecular weight is 374 g/mol. The Balaban J connectivity index is 1.54. The lowest BCUT2D eigenvalue weighted by Gasteiger charge is -2.35. The van der Waals surface area contributed by atoms with Gasteiger partial charge in [-0.3, -0.25) is 0 Å². The molecule has 3 heteroatoms. The van der Waals surface area contributed by atoms with E-state index in [9.17, 15) is 0 Å². The number of piperidine rings is 1. The molecule has 4 rings (SSSR count). The van der Waals surface area contributed by atoms with Gasteiger partial charge in [-0.15, -0.1) is 0 Å². The van der Waals surface area contributed by atoms with Crippen molar-refractivity contribution in [2.45, 2.75) is 32.2 Å². The summed E-state index contributed by atoms with van der Waals surface area (Å²) < 4.78 is 0. The number of rotatable bonds is 4. The normalized spacial score (nSPS) is 23.4. The van der Waals surface area contributed by atoms with Crippen LogP contribution in [-0.2, 0) is 5.54 Å². The van der Waals surface area contributed by atoms with E-state index in [0.717, 1.165) is 42.8 Å². The molecule has 0 amide bonds. The Morgan fingerprint density at radius 1 is 1.11 bits per heavy atom. The topological polar surface area (TPSA) is 18.5 Å². The molecule has 0 unspecified atom stereocenters. The summed E-state index contributed by atoms with van der Waals surface area (Å²) >= 11 is 0. The van der Waals surface area contributed by atoms with Crippen LogP contribution in [0.1, 0.15) is 32.3 Å². The maximum atomic E-state index is 4.45. The van der Waals surface area contributed by atoms with Crippen molar-refractivity contribution >= 4 is 10.8 Å². The van der Waals surface area contributed by atoms with Crippen molar-refractivity contribution in [1.82, 2.24) is 15.1 Å². The van der Waals surface area contributed by atoms with Gasteiger partial charge in [0.05, 0.1) is 12.4 Å². The summed E-state index contributed by atoms with van der Waals surface area (Å²) in [6.07, 6.45) is 2.49. The van der Waals surface area contributed by atoms with Crippen molar-refractivity contribution in [3.8, 4) is 0 Å². The largest absolute Gasteiger partial charge is 0.374 e. The molecule has 2 heterocycles. The summed E-state index contributed by atoms with van der Waals surface area (Å²) in [7, 11) is 0. The van der Waals surface area contributed by atoms with Gasteiger partial charge in [0, 0.05) is 24.5 Å². The Bertz CT molecular complexity index is 936. The van der Waals surface area contributed by atoms with E-state index in [1.54, 1.807) is 0 Å². The first-order valence-electron chi connectivity index (χ1n) is 10.2. The van der Waals surface area contributed by atoms with E-state index >= 15 is 0 Å². The molecule has 0 aromatic heterocycles. The van der Waals surface area contributed by atoms with Crippen molar-refractivity contribution in [3.05, 3.63) is 85.0 Å². The second-order valence-corrected chi connectivity index (χ2v) is 8.53. The molecule has 28 heavy (non-hydrogen) atoms. The van der Waals surface area contributed by atoms with Gasteiger partial charge in [-0.1, -0.05) is 63.1 Å². The van der Waals surface area contributed by atoms with Crippen LogP contribution in [0.2, 0.25) is 0 Å². The molecule has 3 nitrogen and oxygen atoms in total. The monoisotopic (exact) mass is 373 g/mol. The first kappa shape index (κ1) is 18.7. The summed E-state index contributed by atoms with van der Waals surface area (Å²) in [5.41, 5.74) is 3.02. The molecule has 2 fully saturated rings. The minimum Gasteiger partial charge on any atom is -0.374 e. The molecule has 2 saturated heterocycles. The Hall–Kier alpha value is -2.68. The van der Waals surface area contributed by atoms with E-state index < -0.39 is 0 Å². The van der Waals surface area contributed by atoms with Crippen molar-refractivity contribution in [2.24, 2.45) is 5.92 Å². The van der Waals surface area contributed by atoms with Crippen LogP contribution in [-0.4, -0.2) is 29.4 Å². The summed E-state index contributed by atoms with van der Waals surface area (Å²) in [5.74, 6) is 1.71. The molecule has 2 aromatic rings. The van der Waals surface area contributed by atoms with Crippen molar-refractivity contribution in [3.63, 3.8) is 0 Å². The number of hydrogen-bond acceptors (Lipinski definition) is 3. The Kier molecular flexibility index (Phi) is 4.70. The predicted molar refractivity (Wildman–Crippen MR) is 119 cm³/mol. The molecule has 0 radical (unpaired) electrons. The molecule has 0 spiro atoms. The quantitative estimate of drug-likeness (QED) is 0.795. The maximum absolute atomic E-state index is 4.45. The Morgan fingerprint density at radius 2 is 1.79 bits per heavy atom. The van der Waals surface area contributed by atoms with Crippen molar-refractivity contribution in [2.75, 3.05) is 19.6 Å². The fourth-order valence-electron chi connectivity index (χ4n) is 4.40. The highest BCUT2D eigenvalue weighted by atomic mass is 15.4. The van der Waals surface area contributed by atoms with Crippen LogP contribution in [0.15, 0.2) is 79.4 Å². The molecular weight excluding hydrogens is 342 g/mol. The van der Waals surface area contributed by atoms with Crippen molar-refractivity contribution < 1.29 is 0 Å². The maximum Gasteiger partial charge on any atom is 0.101 e. The van der Waals surface area contributed by atoms with Gasteiger partial charge in [-0.25, -0.2) is 0 Å². The number of hydrogen-bond donors (Lipinski definition) is 1. The van der Waals surface area contributed by atoms with E-state index in [1.807, 2.05) is 0 Å². The molecule has 0 aliphatic carbocycles. The van der Waals surface area contributed by atoms with E-state index in [-0.39, 0.29) is 5.54 Å². The fraction of sp³-hybridized carbons (Fsp3) is 0.360. The van der Waals surface area contributed by atoms with Crippen LogP contribution in [0.25, 0.3) is 10.8 Å². The molecule has 146 valence electrons. The highest BCUT2D eigenvalue weighted by molar-refractivity contribution is 5.83. The van der Waals surface area contributed by atoms with Crippen LogP contribution in [0.4, 0.5) is 0 Å². The minimum atomic E-state index is -0.363. The Morgan fingerprint density at radius 3 is 2.50 bits per heavy atom. The second kappa shape index (κ2) is 7.05. The first-order valence-corrected chi connectivity index (χ1v) is 10.2. The van der Waals surface area contributed by atoms with E-state index in [2.05, 4.69) is 91.2 Å². The molecule has 2 aliphatic rings. The Labute approximate surface area is 169 Å². The van der Waals surface area contributed by atoms with Crippen LogP contribution < -0.4 is 5.32 Å². The molecular formula is C25H31N3. The number of nitrogens with zero attached hydrogens (tertiary/aromatic N) is 2. The van der Waals surface area contributed by atoms with E-state index in [4.69, 9.17) is 0 Å². The van der Waals surface area contributed by atoms with Crippen molar-refractivity contribution in [1.29, 1.82) is 0 Å². The second-order valence-electron chi connectivity index (χ2n) is 8.53. The van der Waals surface area contributed by atoms with Gasteiger partial charge in [0.1, 0.15) is 5.54 Å². The van der Waals surface area contributed by atoms with Gasteiger partial charge < -0.3 is 15.1 Å². The molecule has 1 N–H and O–H groups in total. The molecule has 0 saturated carbocycles. The fourth-order valence-corrected chi connectivity index (χ4v) is 4.40. The third kappa shape index (κ3) is 3.19. The summed E-state index contributed by atoms with van der Waals surface area (Å²) in [6.45, 7) is 20.6. The third-order valence-corrected chi connectivity index (χ3v) is 6.52. The average Bonchev–Trinajstić information content (AvgIpc) is 2.92. The lowest BCUT2D eigenvalue weighted by Crippen LogP contribution is -2.36. The van der Waals surface area contributed by atoms with Gasteiger partial charge in [-0.05, 0) is 48.1 Å². The summed E-state index contributed by atoms with van der Waals surface area (Å²) in [5, 5.41) is 6.09. The molecule has 2 aliphatic heterocycles. The lowest BCUT2D eigenvalue weighted by molar-refractivity contribution is 0.224. The van der Waals surface area contributed by atoms with Gasteiger partial charge in [0.15, 0.2) is 0 Å². The van der Waals surface area contributed by atoms with Gasteiger partial charge >= 0.3 is 0 Å². The smallest absolute Gasteiger partial charge is 0.101 e. The summed E-state index contributed by atoms with van der Waals surface area (Å²) in [4.78, 5) is 4.61. The van der Waals surface area contributed by atoms with Crippen LogP contribution in [0, 0.1) is 5.92 Å². The van der Waals surface area contributed by atoms with Gasteiger partial charge in [0.2, 0.25) is 0 Å². The third-order valence-electron chi connectivity index (χ3n) is 6.52. The first-order chi connectivity index (χ1) is 13.4. The van der Waals surface area contributed by atoms with Gasteiger partial charge in [-0.2, -0.15) is 0 Å². The highest BCUT2D eigenvalue weighted by Crippen LogP contribution is 2.40. The minimum absolute atomic E-state index is 0.363. The van der Waals surface area contributed by atoms with E-state index in [1.165, 1.54) is 29.2 Å². The standard InChI is InChI=1S/C25H31N3/c1-18-12-14-27(15-13-18)19(2)17-28-20(3)25(5,26-21(28)4)24-11-10-22-8-6-7-9-23(22)16-24/h6-11,16,18,26H,2-4,12-15,17H2,1,5H3/t25-/m1/s1. The van der Waals surface area contributed by atoms with Crippen LogP contribution >= 0.6 is 0 Å². The molecule has 2 aromatic carbocycles. The number of likely N-dealkylation sites (tertiary alicyclic amines) is 1. The lowest BCUT2D eigenvalue weighted by atomic mass is 9.88. The SMILES string of the molecule is C=C(CN1C(=C)N[C@@](C)(c2ccc3ccccc3c2)C1=C)N1CCC(C)CC1. The zero-order valence-corrected chi connectivity index (χ0v) is 17.2.